The van der Waals surface area contributed by atoms with Crippen molar-refractivity contribution in [3.05, 3.63) is 41.7 Å². The van der Waals surface area contributed by atoms with Crippen LogP contribution in [0.3, 0.4) is 0 Å². The number of nitrogens with zero attached hydrogens (tertiary/aromatic N) is 2. The molecule has 23 heavy (non-hydrogen) atoms. The number of amides is 2. The highest BCUT2D eigenvalue weighted by atomic mass is 35.5. The van der Waals surface area contributed by atoms with Gasteiger partial charge >= 0.3 is 11.8 Å². The molecule has 1 fully saturated rings. The molecule has 0 spiro atoms. The maximum absolute atomic E-state index is 11.9. The van der Waals surface area contributed by atoms with Crippen molar-refractivity contribution >= 4 is 29.1 Å². The van der Waals surface area contributed by atoms with Gasteiger partial charge in [0, 0.05) is 24.1 Å². The summed E-state index contributed by atoms with van der Waals surface area (Å²) < 4.78 is 1.63. The van der Waals surface area contributed by atoms with Crippen LogP contribution in [0.5, 0.6) is 0 Å². The summed E-state index contributed by atoms with van der Waals surface area (Å²) in [6.45, 7) is 0. The van der Waals surface area contributed by atoms with E-state index in [1.54, 1.807) is 41.3 Å². The number of anilines is 1. The van der Waals surface area contributed by atoms with E-state index in [1.807, 2.05) is 0 Å². The van der Waals surface area contributed by atoms with Crippen LogP contribution in [-0.2, 0) is 9.59 Å². The Hall–Kier alpha value is -2.34. The monoisotopic (exact) mass is 332 g/mol. The number of hydrogen-bond donors (Lipinski definition) is 2. The van der Waals surface area contributed by atoms with E-state index in [0.717, 1.165) is 25.7 Å². The molecule has 0 aliphatic heterocycles. The summed E-state index contributed by atoms with van der Waals surface area (Å²) in [5.41, 5.74) is 1.17. The molecule has 1 aromatic carbocycles. The molecule has 2 amide bonds. The van der Waals surface area contributed by atoms with Crippen LogP contribution in [0.2, 0.25) is 5.02 Å². The molecule has 0 bridgehead atoms. The third-order valence-corrected chi connectivity index (χ3v) is 4.16. The van der Waals surface area contributed by atoms with E-state index in [1.165, 1.54) is 0 Å². The molecule has 0 radical (unpaired) electrons. The largest absolute Gasteiger partial charge is 0.345 e. The Balaban J connectivity index is 1.64. The highest BCUT2D eigenvalue weighted by Gasteiger charge is 2.21. The van der Waals surface area contributed by atoms with E-state index in [2.05, 4.69) is 15.7 Å². The average molecular weight is 333 g/mol. The molecular weight excluding hydrogens is 316 g/mol. The topological polar surface area (TPSA) is 76.0 Å². The van der Waals surface area contributed by atoms with Crippen molar-refractivity contribution in [1.29, 1.82) is 0 Å². The molecule has 3 rings (SSSR count). The van der Waals surface area contributed by atoms with E-state index in [4.69, 9.17) is 11.6 Å². The number of benzene rings is 1. The number of aromatic nitrogens is 2. The first-order valence-corrected chi connectivity index (χ1v) is 7.93. The summed E-state index contributed by atoms with van der Waals surface area (Å²) in [4.78, 5) is 23.8. The number of nitrogens with one attached hydrogen (secondary N) is 2. The molecule has 2 N–H and O–H groups in total. The quantitative estimate of drug-likeness (QED) is 0.848. The van der Waals surface area contributed by atoms with Gasteiger partial charge in [0.25, 0.3) is 0 Å². The smallest absolute Gasteiger partial charge is 0.313 e. The van der Waals surface area contributed by atoms with Crippen LogP contribution < -0.4 is 10.6 Å². The Labute approximate surface area is 138 Å². The number of halogens is 1. The maximum Gasteiger partial charge on any atom is 0.313 e. The summed E-state index contributed by atoms with van der Waals surface area (Å²) >= 11 is 6.21. The summed E-state index contributed by atoms with van der Waals surface area (Å²) in [5, 5.41) is 9.85. The van der Waals surface area contributed by atoms with Gasteiger partial charge in [-0.05, 0) is 37.1 Å². The van der Waals surface area contributed by atoms with Crippen LogP contribution >= 0.6 is 11.6 Å². The Bertz CT molecular complexity index is 709. The van der Waals surface area contributed by atoms with Gasteiger partial charge in [0.2, 0.25) is 0 Å². The zero-order chi connectivity index (χ0) is 16.2. The summed E-state index contributed by atoms with van der Waals surface area (Å²) in [6, 6.07) is 6.92. The lowest BCUT2D eigenvalue weighted by molar-refractivity contribution is -0.136. The van der Waals surface area contributed by atoms with Crippen LogP contribution in [0.1, 0.15) is 25.7 Å². The van der Waals surface area contributed by atoms with Gasteiger partial charge in [-0.2, -0.15) is 5.10 Å². The van der Waals surface area contributed by atoms with Gasteiger partial charge in [0.1, 0.15) is 0 Å². The first-order valence-electron chi connectivity index (χ1n) is 7.55. The number of carbonyl (C=O) groups is 2. The Morgan fingerprint density at radius 2 is 2.00 bits per heavy atom. The van der Waals surface area contributed by atoms with E-state index in [9.17, 15) is 9.59 Å². The van der Waals surface area contributed by atoms with Gasteiger partial charge in [-0.15, -0.1) is 0 Å². The van der Waals surface area contributed by atoms with E-state index in [-0.39, 0.29) is 6.04 Å². The van der Waals surface area contributed by atoms with Gasteiger partial charge in [0.15, 0.2) is 0 Å². The Kier molecular flexibility index (Phi) is 4.62. The van der Waals surface area contributed by atoms with E-state index >= 15 is 0 Å². The molecule has 1 aliphatic rings. The first-order chi connectivity index (χ1) is 11.1. The molecule has 6 nitrogen and oxygen atoms in total. The molecule has 1 heterocycles. The lowest BCUT2D eigenvalue weighted by Gasteiger charge is -2.12. The van der Waals surface area contributed by atoms with Gasteiger partial charge in [0.05, 0.1) is 10.7 Å². The van der Waals surface area contributed by atoms with Gasteiger partial charge in [-0.1, -0.05) is 24.4 Å². The molecule has 120 valence electrons. The van der Waals surface area contributed by atoms with E-state index in [0.29, 0.717) is 16.4 Å². The minimum absolute atomic E-state index is 0.110. The molecule has 1 saturated carbocycles. The van der Waals surface area contributed by atoms with Gasteiger partial charge < -0.3 is 10.6 Å². The maximum atomic E-state index is 11.9. The molecule has 0 unspecified atom stereocenters. The second-order valence-electron chi connectivity index (χ2n) is 5.53. The molecule has 7 heteroatoms. The third-order valence-electron chi connectivity index (χ3n) is 3.85. The normalized spacial score (nSPS) is 14.7. The van der Waals surface area contributed by atoms with Crippen molar-refractivity contribution in [3.63, 3.8) is 0 Å². The zero-order valence-corrected chi connectivity index (χ0v) is 13.2. The van der Waals surface area contributed by atoms with Crippen molar-refractivity contribution in [2.24, 2.45) is 0 Å². The molecule has 0 saturated heterocycles. The zero-order valence-electron chi connectivity index (χ0n) is 12.5. The SMILES string of the molecule is O=C(Nc1ccc(-n2cccn2)c(Cl)c1)C(=O)NC1CCCC1. The standard InChI is InChI=1S/C16H17ClN4O2/c17-13-10-12(6-7-14(13)21-9-3-8-18-21)20-16(23)15(22)19-11-4-1-2-5-11/h3,6-11H,1-2,4-5H2,(H,19,22)(H,20,23). The fourth-order valence-electron chi connectivity index (χ4n) is 2.69. The highest BCUT2D eigenvalue weighted by Crippen LogP contribution is 2.24. The molecule has 1 aliphatic carbocycles. The predicted molar refractivity (Wildman–Crippen MR) is 87.6 cm³/mol. The van der Waals surface area contributed by atoms with Crippen molar-refractivity contribution in [2.75, 3.05) is 5.32 Å². The molecule has 1 aromatic heterocycles. The fraction of sp³-hybridized carbons (Fsp3) is 0.312. The van der Waals surface area contributed by atoms with Crippen LogP contribution in [0.25, 0.3) is 5.69 Å². The third kappa shape index (κ3) is 3.71. The number of rotatable bonds is 3. The van der Waals surface area contributed by atoms with Crippen LogP contribution in [0, 0.1) is 0 Å². The van der Waals surface area contributed by atoms with Crippen molar-refractivity contribution in [3.8, 4) is 5.69 Å². The van der Waals surface area contributed by atoms with Crippen molar-refractivity contribution < 1.29 is 9.59 Å². The first kappa shape index (κ1) is 15.6. The molecule has 0 atom stereocenters. The summed E-state index contributed by atoms with van der Waals surface area (Å²) in [6.07, 6.45) is 7.48. The second kappa shape index (κ2) is 6.83. The minimum atomic E-state index is -0.681. The van der Waals surface area contributed by atoms with Gasteiger partial charge in [-0.25, -0.2) is 4.68 Å². The summed E-state index contributed by atoms with van der Waals surface area (Å²) in [5.74, 6) is -1.29. The van der Waals surface area contributed by atoms with Crippen LogP contribution in [0.4, 0.5) is 5.69 Å². The number of hydrogen-bond acceptors (Lipinski definition) is 3. The Morgan fingerprint density at radius 3 is 2.65 bits per heavy atom. The lowest BCUT2D eigenvalue weighted by atomic mass is 10.2. The van der Waals surface area contributed by atoms with Crippen molar-refractivity contribution in [1.82, 2.24) is 15.1 Å². The number of carbonyl (C=O) groups excluding carboxylic acids is 2. The van der Waals surface area contributed by atoms with Gasteiger partial charge in [-0.3, -0.25) is 9.59 Å². The molecule has 2 aromatic rings. The average Bonchev–Trinajstić information content (AvgIpc) is 3.20. The fourth-order valence-corrected chi connectivity index (χ4v) is 2.96. The summed E-state index contributed by atoms with van der Waals surface area (Å²) in [7, 11) is 0. The van der Waals surface area contributed by atoms with Crippen LogP contribution in [-0.4, -0.2) is 27.6 Å². The lowest BCUT2D eigenvalue weighted by Crippen LogP contribution is -2.40. The highest BCUT2D eigenvalue weighted by molar-refractivity contribution is 6.40. The van der Waals surface area contributed by atoms with Crippen LogP contribution in [0.15, 0.2) is 36.7 Å². The minimum Gasteiger partial charge on any atom is -0.345 e. The Morgan fingerprint density at radius 1 is 1.22 bits per heavy atom. The van der Waals surface area contributed by atoms with E-state index < -0.39 is 11.8 Å². The van der Waals surface area contributed by atoms with Crippen molar-refractivity contribution in [2.45, 2.75) is 31.7 Å². The predicted octanol–water partition coefficient (Wildman–Crippen LogP) is 2.52. The molecular formula is C16H17ClN4O2. The second-order valence-corrected chi connectivity index (χ2v) is 5.93.